The number of rotatable bonds is 3. The summed E-state index contributed by atoms with van der Waals surface area (Å²) in [5.41, 5.74) is -1.16. The molecule has 0 saturated carbocycles. The Morgan fingerprint density at radius 1 is 1.12 bits per heavy atom. The van der Waals surface area contributed by atoms with Crippen molar-refractivity contribution in [3.05, 3.63) is 63.3 Å². The normalized spacial score (nSPS) is 14.9. The van der Waals surface area contributed by atoms with Crippen LogP contribution in [0.1, 0.15) is 18.4 Å². The Bertz CT molecular complexity index is 1330. The first kappa shape index (κ1) is 23.6. The van der Waals surface area contributed by atoms with Crippen LogP contribution >= 0.6 is 11.6 Å². The average Bonchev–Trinajstić information content (AvgIpc) is 2.79. The summed E-state index contributed by atoms with van der Waals surface area (Å²) >= 11 is 6.14. The number of halogens is 4. The summed E-state index contributed by atoms with van der Waals surface area (Å²) in [6.45, 7) is 0.148. The molecule has 3 aromatic rings. The molecule has 0 bridgehead atoms. The van der Waals surface area contributed by atoms with E-state index in [1.165, 1.54) is 12.1 Å². The Kier molecular flexibility index (Phi) is 6.26. The molecular weight excluding hydrogens is 479 g/mol. The number of amides is 1. The lowest BCUT2D eigenvalue weighted by atomic mass is 10.0. The van der Waals surface area contributed by atoms with Crippen LogP contribution in [0, 0.1) is 0 Å². The van der Waals surface area contributed by atoms with Gasteiger partial charge in [0.15, 0.2) is 11.0 Å². The molecule has 0 aliphatic carbocycles. The van der Waals surface area contributed by atoms with Gasteiger partial charge in [-0.1, -0.05) is 17.7 Å². The third kappa shape index (κ3) is 4.72. The van der Waals surface area contributed by atoms with Crippen molar-refractivity contribution in [3.63, 3.8) is 0 Å². The molecular formula is C23H17ClF3NO6. The van der Waals surface area contributed by atoms with Gasteiger partial charge in [-0.2, -0.15) is 13.2 Å². The van der Waals surface area contributed by atoms with E-state index in [0.29, 0.717) is 0 Å². The number of carboxylic acids is 1. The second-order valence-electron chi connectivity index (χ2n) is 7.71. The molecule has 1 fully saturated rings. The molecule has 11 heteroatoms. The first-order chi connectivity index (χ1) is 16.0. The number of carbonyl (C=O) groups is 2. The van der Waals surface area contributed by atoms with Crippen LogP contribution in [-0.2, 0) is 15.8 Å². The van der Waals surface area contributed by atoms with Gasteiger partial charge in [-0.05, 0) is 30.3 Å². The van der Waals surface area contributed by atoms with Crippen LogP contribution in [0.4, 0.5) is 13.2 Å². The van der Waals surface area contributed by atoms with Gasteiger partial charge < -0.3 is 19.2 Å². The van der Waals surface area contributed by atoms with E-state index in [9.17, 15) is 27.6 Å². The molecule has 178 valence electrons. The number of carboxylic acid groups (broad SMARTS) is 1. The fourth-order valence-corrected chi connectivity index (χ4v) is 3.98. The molecule has 1 aromatic heterocycles. The van der Waals surface area contributed by atoms with Crippen molar-refractivity contribution in [3.8, 4) is 17.1 Å². The summed E-state index contributed by atoms with van der Waals surface area (Å²) in [6.07, 6.45) is -4.80. The zero-order chi connectivity index (χ0) is 24.6. The molecule has 2 heterocycles. The van der Waals surface area contributed by atoms with Gasteiger partial charge in [0.25, 0.3) is 0 Å². The van der Waals surface area contributed by atoms with Crippen LogP contribution in [0.5, 0.6) is 5.75 Å². The summed E-state index contributed by atoms with van der Waals surface area (Å²) in [5.74, 6) is -2.81. The lowest BCUT2D eigenvalue weighted by Crippen LogP contribution is -2.44. The van der Waals surface area contributed by atoms with E-state index in [-0.39, 0.29) is 59.0 Å². The fraction of sp³-hybridized carbons (Fsp3) is 0.261. The molecule has 34 heavy (non-hydrogen) atoms. The lowest BCUT2D eigenvalue weighted by Gasteiger charge is -2.31. The number of carbonyl (C=O) groups excluding carboxylic acids is 1. The molecule has 7 nitrogen and oxygen atoms in total. The number of hydrogen-bond donors (Lipinski definition) is 1. The largest absolute Gasteiger partial charge is 0.490 e. The molecule has 1 aliphatic heterocycles. The van der Waals surface area contributed by atoms with E-state index in [1.807, 2.05) is 0 Å². The number of piperidine rings is 1. The lowest BCUT2D eigenvalue weighted by molar-refractivity contribution is -0.156. The van der Waals surface area contributed by atoms with Crippen LogP contribution in [0.3, 0.4) is 0 Å². The maximum absolute atomic E-state index is 13.4. The minimum atomic E-state index is -4.64. The van der Waals surface area contributed by atoms with Crippen LogP contribution in [0.2, 0.25) is 5.02 Å². The molecule has 0 unspecified atom stereocenters. The third-order valence-corrected chi connectivity index (χ3v) is 5.78. The monoisotopic (exact) mass is 495 g/mol. The minimum absolute atomic E-state index is 0.0205. The third-order valence-electron chi connectivity index (χ3n) is 5.49. The second-order valence-corrected chi connectivity index (χ2v) is 8.12. The number of ether oxygens (including phenoxy) is 1. The molecule has 1 N–H and O–H groups in total. The van der Waals surface area contributed by atoms with E-state index < -0.39 is 35.1 Å². The number of hydrogen-bond acceptors (Lipinski definition) is 5. The molecule has 0 radical (unpaired) electrons. The maximum atomic E-state index is 13.4. The van der Waals surface area contributed by atoms with Crippen LogP contribution < -0.4 is 10.2 Å². The Balaban J connectivity index is 1.70. The highest BCUT2D eigenvalue weighted by Crippen LogP contribution is 2.39. The quantitative estimate of drug-likeness (QED) is 0.534. The number of aliphatic carboxylic acids is 1. The van der Waals surface area contributed by atoms with E-state index in [4.69, 9.17) is 25.9 Å². The fourth-order valence-electron chi connectivity index (χ4n) is 3.77. The SMILES string of the molecule is O=C(O)C(=O)N1CCC(Oc2cc(C(F)(F)F)ccc2-c2cc(=O)c3cccc(Cl)c3o2)CC1. The highest BCUT2D eigenvalue weighted by molar-refractivity contribution is 6.34. The van der Waals surface area contributed by atoms with Gasteiger partial charge in [0.05, 0.1) is 21.5 Å². The zero-order valence-electron chi connectivity index (χ0n) is 17.4. The minimum Gasteiger partial charge on any atom is -0.490 e. The van der Waals surface area contributed by atoms with Gasteiger partial charge in [-0.25, -0.2) is 4.79 Å². The van der Waals surface area contributed by atoms with E-state index in [0.717, 1.165) is 29.2 Å². The molecule has 0 atom stereocenters. The molecule has 2 aromatic carbocycles. The summed E-state index contributed by atoms with van der Waals surface area (Å²) in [6, 6.07) is 8.61. The van der Waals surface area contributed by atoms with Crippen molar-refractivity contribution in [1.29, 1.82) is 0 Å². The molecule has 1 saturated heterocycles. The van der Waals surface area contributed by atoms with Crippen molar-refractivity contribution >= 4 is 34.4 Å². The van der Waals surface area contributed by atoms with Crippen molar-refractivity contribution in [1.82, 2.24) is 4.90 Å². The maximum Gasteiger partial charge on any atom is 0.416 e. The van der Waals surface area contributed by atoms with Gasteiger partial charge in [-0.3, -0.25) is 9.59 Å². The molecule has 1 amide bonds. The first-order valence-electron chi connectivity index (χ1n) is 10.2. The Labute approximate surface area is 195 Å². The predicted octanol–water partition coefficient (Wildman–Crippen LogP) is 4.59. The summed E-state index contributed by atoms with van der Waals surface area (Å²) in [5, 5.41) is 9.24. The average molecular weight is 496 g/mol. The molecule has 4 rings (SSSR count). The first-order valence-corrected chi connectivity index (χ1v) is 10.5. The molecule has 1 aliphatic rings. The van der Waals surface area contributed by atoms with Crippen LogP contribution in [0.25, 0.3) is 22.3 Å². The van der Waals surface area contributed by atoms with Gasteiger partial charge in [0, 0.05) is 32.0 Å². The number of nitrogens with zero attached hydrogens (tertiary/aromatic N) is 1. The number of fused-ring (bicyclic) bond motifs is 1. The highest BCUT2D eigenvalue weighted by atomic mass is 35.5. The van der Waals surface area contributed by atoms with Crippen molar-refractivity contribution in [2.24, 2.45) is 0 Å². The Morgan fingerprint density at radius 3 is 2.47 bits per heavy atom. The standard InChI is InChI=1S/C23H17ClF3NO6/c24-16-3-1-2-14-17(29)11-19(34-20(14)16)15-5-4-12(23(25,26)27)10-18(15)33-13-6-8-28(9-7-13)21(30)22(31)32/h1-5,10-11,13H,6-9H2,(H,31,32). The smallest absolute Gasteiger partial charge is 0.416 e. The number of alkyl halides is 3. The number of para-hydroxylation sites is 1. The molecule has 0 spiro atoms. The summed E-state index contributed by atoms with van der Waals surface area (Å²) < 4.78 is 51.8. The van der Waals surface area contributed by atoms with Crippen molar-refractivity contribution in [2.75, 3.05) is 13.1 Å². The van der Waals surface area contributed by atoms with E-state index in [1.54, 1.807) is 6.07 Å². The van der Waals surface area contributed by atoms with Gasteiger partial charge >= 0.3 is 18.1 Å². The van der Waals surface area contributed by atoms with E-state index >= 15 is 0 Å². The van der Waals surface area contributed by atoms with Gasteiger partial charge in [0.1, 0.15) is 17.6 Å². The summed E-state index contributed by atoms with van der Waals surface area (Å²) in [4.78, 5) is 36.2. The Morgan fingerprint density at radius 2 is 1.82 bits per heavy atom. The number of likely N-dealkylation sites (tertiary alicyclic amines) is 1. The zero-order valence-corrected chi connectivity index (χ0v) is 18.2. The van der Waals surface area contributed by atoms with Crippen LogP contribution in [0.15, 0.2) is 51.7 Å². The Hall–Kier alpha value is -3.53. The van der Waals surface area contributed by atoms with Crippen molar-refractivity contribution < 1.29 is 37.0 Å². The van der Waals surface area contributed by atoms with Crippen LogP contribution in [-0.4, -0.2) is 41.1 Å². The van der Waals surface area contributed by atoms with Gasteiger partial charge in [0.2, 0.25) is 0 Å². The number of benzene rings is 2. The van der Waals surface area contributed by atoms with E-state index in [2.05, 4.69) is 0 Å². The van der Waals surface area contributed by atoms with Gasteiger partial charge in [-0.15, -0.1) is 0 Å². The summed E-state index contributed by atoms with van der Waals surface area (Å²) in [7, 11) is 0. The topological polar surface area (TPSA) is 97.0 Å². The highest BCUT2D eigenvalue weighted by Gasteiger charge is 2.33. The van der Waals surface area contributed by atoms with Crippen molar-refractivity contribution in [2.45, 2.75) is 25.1 Å². The second kappa shape index (κ2) is 9.02. The predicted molar refractivity (Wildman–Crippen MR) is 116 cm³/mol.